The van der Waals surface area contributed by atoms with Crippen molar-refractivity contribution in [3.63, 3.8) is 0 Å². The number of hydrogen-bond donors (Lipinski definition) is 2. The van der Waals surface area contributed by atoms with Gasteiger partial charge < -0.3 is 16.0 Å². The van der Waals surface area contributed by atoms with Gasteiger partial charge in [0.25, 0.3) is 0 Å². The number of benzene rings is 1. The number of anilines is 1. The van der Waals surface area contributed by atoms with Gasteiger partial charge in [-0.2, -0.15) is 11.8 Å². The van der Waals surface area contributed by atoms with Crippen LogP contribution < -0.4 is 10.8 Å². The molecule has 134 valence electrons. The third kappa shape index (κ3) is 4.64. The van der Waals surface area contributed by atoms with Crippen LogP contribution in [0.1, 0.15) is 55.8 Å². The monoisotopic (exact) mass is 352 g/mol. The van der Waals surface area contributed by atoms with E-state index in [1.165, 1.54) is 38.2 Å². The second-order valence-electron chi connectivity index (χ2n) is 7.41. The zero-order valence-electron chi connectivity index (χ0n) is 14.3. The normalized spacial score (nSPS) is 27.1. The minimum atomic E-state index is -0.191. The van der Waals surface area contributed by atoms with Crippen LogP contribution in [-0.2, 0) is 0 Å². The van der Waals surface area contributed by atoms with Crippen molar-refractivity contribution in [1.82, 2.24) is 0 Å². The molecule has 1 atom stereocenters. The Morgan fingerprint density at radius 3 is 2.58 bits per heavy atom. The van der Waals surface area contributed by atoms with E-state index in [1.54, 1.807) is 12.1 Å². The molecule has 1 aromatic carbocycles. The molecule has 24 heavy (non-hydrogen) atoms. The van der Waals surface area contributed by atoms with Crippen LogP contribution in [0, 0.1) is 22.9 Å². The first-order valence-electron chi connectivity index (χ1n) is 9.31. The summed E-state index contributed by atoms with van der Waals surface area (Å²) in [6.07, 6.45) is 8.33. The van der Waals surface area contributed by atoms with Crippen LogP contribution in [0.2, 0.25) is 0 Å². The summed E-state index contributed by atoms with van der Waals surface area (Å²) >= 11 is 1.95. The molecule has 1 heterocycles. The van der Waals surface area contributed by atoms with Gasteiger partial charge >= 0.3 is 0 Å². The fraction of sp³-hybridized carbons (Fsp3) is 0.684. The molecule has 1 aliphatic heterocycles. The number of thioether (sulfide) groups is 1. The van der Waals surface area contributed by atoms with Gasteiger partial charge in [0.15, 0.2) is 0 Å². The summed E-state index contributed by atoms with van der Waals surface area (Å²) in [4.78, 5) is 0. The molecule has 0 amide bonds. The molecule has 3 rings (SSSR count). The highest BCUT2D eigenvalue weighted by Gasteiger charge is 2.29. The fourth-order valence-corrected chi connectivity index (χ4v) is 5.86. The second-order valence-corrected chi connectivity index (χ2v) is 8.58. The molecule has 3 N–H and O–H groups in total. The molecule has 1 aliphatic carbocycles. The Kier molecular flexibility index (Phi) is 6.42. The predicted molar refractivity (Wildman–Crippen MR) is 99.4 cm³/mol. The first kappa shape index (κ1) is 18.0. The topological polar surface area (TPSA) is 53.5 Å². The second kappa shape index (κ2) is 8.54. The van der Waals surface area contributed by atoms with Gasteiger partial charge in [0.05, 0.1) is 13.1 Å². The maximum absolute atomic E-state index is 13.8. The predicted octanol–water partition coefficient (Wildman–Crippen LogP) is 3.56. The number of hydroxylamine groups is 2. The van der Waals surface area contributed by atoms with Gasteiger partial charge in [-0.05, 0) is 54.2 Å². The van der Waals surface area contributed by atoms with Gasteiger partial charge in [0, 0.05) is 23.8 Å². The number of piperidine rings is 1. The van der Waals surface area contributed by atoms with Crippen molar-refractivity contribution < 1.29 is 9.45 Å². The Balaban J connectivity index is 1.71. The van der Waals surface area contributed by atoms with E-state index in [2.05, 4.69) is 0 Å². The lowest BCUT2D eigenvalue weighted by Crippen LogP contribution is -3.08. The standard InChI is InChI=1S/C19H29FN2OS/c20-16-6-7-18(21)17(12-16)19(15-4-2-1-3-5-15)24-13-14-8-10-22(23)11-9-14/h6-7,12,14-15,19,22H,1-5,8-11,13,21H2. The number of halogens is 1. The highest BCUT2D eigenvalue weighted by Crippen LogP contribution is 2.46. The molecule has 0 aromatic heterocycles. The Labute approximate surface area is 148 Å². The third-order valence-electron chi connectivity index (χ3n) is 5.61. The molecule has 1 saturated carbocycles. The van der Waals surface area contributed by atoms with Crippen LogP contribution in [0.5, 0.6) is 0 Å². The average Bonchev–Trinajstić information content (AvgIpc) is 2.60. The summed E-state index contributed by atoms with van der Waals surface area (Å²) in [5, 5.41) is 12.1. The average molecular weight is 353 g/mol. The number of hydrogen-bond acceptors (Lipinski definition) is 3. The fourth-order valence-electron chi connectivity index (χ4n) is 4.11. The Hall–Kier alpha value is -0.780. The number of nitrogen functional groups attached to an aromatic ring is 1. The lowest BCUT2D eigenvalue weighted by Gasteiger charge is -2.34. The molecule has 0 radical (unpaired) electrons. The van der Waals surface area contributed by atoms with Crippen molar-refractivity contribution in [3.8, 4) is 0 Å². The molecule has 2 fully saturated rings. The summed E-state index contributed by atoms with van der Waals surface area (Å²) in [6.45, 7) is 1.48. The number of rotatable bonds is 5. The maximum Gasteiger partial charge on any atom is 0.123 e. The van der Waals surface area contributed by atoms with Crippen LogP contribution >= 0.6 is 11.8 Å². The minimum absolute atomic E-state index is 0.191. The van der Waals surface area contributed by atoms with Crippen molar-refractivity contribution in [3.05, 3.63) is 34.8 Å². The van der Waals surface area contributed by atoms with Crippen LogP contribution in [0.25, 0.3) is 0 Å². The molecule has 1 unspecified atom stereocenters. The molecule has 2 aliphatic rings. The van der Waals surface area contributed by atoms with E-state index in [0.29, 0.717) is 22.1 Å². The van der Waals surface area contributed by atoms with Crippen LogP contribution in [0.15, 0.2) is 18.2 Å². The highest BCUT2D eigenvalue weighted by molar-refractivity contribution is 7.99. The smallest absolute Gasteiger partial charge is 0.123 e. The van der Waals surface area contributed by atoms with Crippen molar-refractivity contribution in [2.24, 2.45) is 11.8 Å². The molecule has 3 nitrogen and oxygen atoms in total. The molecular formula is C19H29FN2OS. The maximum atomic E-state index is 13.8. The van der Waals surface area contributed by atoms with Gasteiger partial charge in [0.2, 0.25) is 0 Å². The molecular weight excluding hydrogens is 323 g/mol. The van der Waals surface area contributed by atoms with Gasteiger partial charge in [-0.25, -0.2) is 4.39 Å². The summed E-state index contributed by atoms with van der Waals surface area (Å²) in [5.41, 5.74) is 7.90. The first-order chi connectivity index (χ1) is 11.6. The van der Waals surface area contributed by atoms with Gasteiger partial charge in [-0.3, -0.25) is 0 Å². The summed E-state index contributed by atoms with van der Waals surface area (Å²) < 4.78 is 13.8. The number of nitrogens with two attached hydrogens (primary N) is 1. The Morgan fingerprint density at radius 1 is 1.17 bits per heavy atom. The number of nitrogens with one attached hydrogen (secondary N) is 1. The molecule has 1 saturated heterocycles. The van der Waals surface area contributed by atoms with Gasteiger partial charge in [0.1, 0.15) is 5.82 Å². The molecule has 1 aromatic rings. The van der Waals surface area contributed by atoms with Crippen LogP contribution in [0.4, 0.5) is 10.1 Å². The van der Waals surface area contributed by atoms with E-state index in [-0.39, 0.29) is 5.82 Å². The lowest BCUT2D eigenvalue weighted by molar-refractivity contribution is -0.854. The van der Waals surface area contributed by atoms with E-state index < -0.39 is 0 Å². The first-order valence-corrected chi connectivity index (χ1v) is 10.4. The SMILES string of the molecule is Nc1ccc(F)cc1C(SCC1CC[NH+]([O-])CC1)C1CCCCC1. The van der Waals surface area contributed by atoms with Crippen molar-refractivity contribution in [1.29, 1.82) is 0 Å². The van der Waals surface area contributed by atoms with Crippen molar-refractivity contribution in [2.75, 3.05) is 24.6 Å². The molecule has 0 bridgehead atoms. The van der Waals surface area contributed by atoms with Crippen LogP contribution in [0.3, 0.4) is 0 Å². The van der Waals surface area contributed by atoms with Gasteiger partial charge in [-0.15, -0.1) is 0 Å². The quantitative estimate of drug-likeness (QED) is 0.629. The largest absolute Gasteiger partial charge is 0.634 e. The zero-order chi connectivity index (χ0) is 16.9. The van der Waals surface area contributed by atoms with Crippen molar-refractivity contribution >= 4 is 17.4 Å². The lowest BCUT2D eigenvalue weighted by atomic mass is 9.84. The Morgan fingerprint density at radius 2 is 1.88 bits per heavy atom. The highest BCUT2D eigenvalue weighted by atomic mass is 32.2. The third-order valence-corrected chi connectivity index (χ3v) is 7.27. The van der Waals surface area contributed by atoms with E-state index in [4.69, 9.17) is 5.73 Å². The van der Waals surface area contributed by atoms with Crippen molar-refractivity contribution in [2.45, 2.75) is 50.2 Å². The minimum Gasteiger partial charge on any atom is -0.634 e. The van der Waals surface area contributed by atoms with Crippen LogP contribution in [-0.4, -0.2) is 18.8 Å². The van der Waals surface area contributed by atoms with E-state index in [9.17, 15) is 9.60 Å². The summed E-state index contributed by atoms with van der Waals surface area (Å²) in [5.74, 6) is 2.08. The number of quaternary nitrogens is 1. The Bertz CT molecular complexity index is 528. The molecule has 5 heteroatoms. The van der Waals surface area contributed by atoms with E-state index >= 15 is 0 Å². The van der Waals surface area contributed by atoms with Gasteiger partial charge in [-0.1, -0.05) is 19.3 Å². The summed E-state index contributed by atoms with van der Waals surface area (Å²) in [6, 6.07) is 4.81. The molecule has 0 spiro atoms. The van der Waals surface area contributed by atoms with E-state index in [0.717, 1.165) is 42.9 Å². The summed E-state index contributed by atoms with van der Waals surface area (Å²) in [7, 11) is 0. The zero-order valence-corrected chi connectivity index (χ0v) is 15.1. The van der Waals surface area contributed by atoms with E-state index in [1.807, 2.05) is 11.8 Å².